The van der Waals surface area contributed by atoms with Gasteiger partial charge in [0.15, 0.2) is 10.9 Å². The quantitative estimate of drug-likeness (QED) is 0.0771. The lowest BCUT2D eigenvalue weighted by Gasteiger charge is -2.40. The number of methoxy groups -OCH3 is 1. The first-order valence-corrected chi connectivity index (χ1v) is 15.6. The van der Waals surface area contributed by atoms with E-state index in [0.29, 0.717) is 18.9 Å². The van der Waals surface area contributed by atoms with Crippen LogP contribution in [0.4, 0.5) is 17.1 Å². The SMILES string of the molecule is COCCOC(C)(C)C(C)OC(C)(C)C(C)n1c(=O)c2c(N)c3c(=O)c4ccccc4c(=O)c3c(Nc3cccc(C(N)=O)c3)c2c1=O. The van der Waals surface area contributed by atoms with Crippen molar-refractivity contribution in [1.29, 1.82) is 0 Å². The number of fused-ring (bicyclic) bond motifs is 3. The Labute approximate surface area is 275 Å². The number of nitrogens with two attached hydrogens (primary N) is 2. The van der Waals surface area contributed by atoms with Gasteiger partial charge in [0.2, 0.25) is 5.91 Å². The Morgan fingerprint density at radius 1 is 0.833 bits per heavy atom. The second kappa shape index (κ2) is 12.6. The lowest BCUT2D eigenvalue weighted by molar-refractivity contribution is -0.180. The molecule has 0 bridgehead atoms. The first kappa shape index (κ1) is 34.4. The summed E-state index contributed by atoms with van der Waals surface area (Å²) in [6.07, 6.45) is -0.483. The highest BCUT2D eigenvalue weighted by atomic mass is 16.6. The summed E-state index contributed by atoms with van der Waals surface area (Å²) >= 11 is 0. The molecule has 2 unspecified atom stereocenters. The summed E-state index contributed by atoms with van der Waals surface area (Å²) in [5, 5.41) is 2.63. The van der Waals surface area contributed by atoms with Crippen LogP contribution in [0.3, 0.4) is 0 Å². The number of nitrogens with one attached hydrogen (secondary N) is 1. The summed E-state index contributed by atoms with van der Waals surface area (Å²) in [6.45, 7) is 11.5. The summed E-state index contributed by atoms with van der Waals surface area (Å²) in [5.41, 5.74) is 7.77. The van der Waals surface area contributed by atoms with Crippen LogP contribution in [0.1, 0.15) is 57.9 Å². The van der Waals surface area contributed by atoms with Crippen molar-refractivity contribution in [2.75, 3.05) is 31.4 Å². The molecule has 1 heterocycles. The molecule has 2 atom stereocenters. The molecule has 1 aromatic heterocycles. The van der Waals surface area contributed by atoms with E-state index in [4.69, 9.17) is 25.7 Å². The van der Waals surface area contributed by atoms with Gasteiger partial charge in [0.05, 0.1) is 69.5 Å². The van der Waals surface area contributed by atoms with Crippen LogP contribution in [0.2, 0.25) is 0 Å². The molecular formula is C36H40N4O8. The fraction of sp³-hybridized carbons (Fsp3) is 0.361. The summed E-state index contributed by atoms with van der Waals surface area (Å²) in [4.78, 5) is 68.7. The molecule has 1 amide bonds. The van der Waals surface area contributed by atoms with Gasteiger partial charge < -0.3 is 31.0 Å². The molecule has 0 aliphatic rings. The molecule has 12 nitrogen and oxygen atoms in total. The molecule has 5 N–H and O–H groups in total. The first-order valence-electron chi connectivity index (χ1n) is 15.6. The molecular weight excluding hydrogens is 616 g/mol. The molecule has 0 saturated heterocycles. The standard InChI is InChI=1S/C36H40N4O8/c1-18(35(3,4)48-19(2)36(5,6)47-16-15-46-7)40-33(44)25-27(34(40)45)29(39-21-12-10-11-20(17-21)32(38)43)26-24(28(25)37)30(41)22-13-8-9-14-23(22)31(26)42/h8-14,17-19,39H,15-16,37H2,1-7H3,(H2,38,43). The molecule has 48 heavy (non-hydrogen) atoms. The largest absolute Gasteiger partial charge is 0.397 e. The van der Waals surface area contributed by atoms with E-state index in [9.17, 15) is 24.0 Å². The van der Waals surface area contributed by atoms with Crippen LogP contribution in [0.25, 0.3) is 32.3 Å². The minimum absolute atomic E-state index is 0.0727. The Bertz CT molecular complexity index is 2280. The second-order valence-electron chi connectivity index (χ2n) is 13.0. The number of nitrogen functional groups attached to an aromatic ring is 1. The van der Waals surface area contributed by atoms with Crippen molar-refractivity contribution >= 4 is 55.3 Å². The van der Waals surface area contributed by atoms with Crippen molar-refractivity contribution < 1.29 is 19.0 Å². The van der Waals surface area contributed by atoms with E-state index in [1.54, 1.807) is 52.1 Å². The highest BCUT2D eigenvalue weighted by Crippen LogP contribution is 2.37. The van der Waals surface area contributed by atoms with Gasteiger partial charge in [-0.15, -0.1) is 0 Å². The summed E-state index contributed by atoms with van der Waals surface area (Å²) in [5.74, 6) is -0.696. The Morgan fingerprint density at radius 2 is 1.44 bits per heavy atom. The lowest BCUT2D eigenvalue weighted by atomic mass is 9.96. The fourth-order valence-electron chi connectivity index (χ4n) is 6.03. The van der Waals surface area contributed by atoms with Gasteiger partial charge in [-0.3, -0.25) is 28.5 Å². The minimum atomic E-state index is -1.10. The van der Waals surface area contributed by atoms with Crippen molar-refractivity contribution in [1.82, 2.24) is 4.57 Å². The van der Waals surface area contributed by atoms with Crippen LogP contribution < -0.4 is 38.8 Å². The maximum atomic E-state index is 14.5. The van der Waals surface area contributed by atoms with Crippen LogP contribution in [0.5, 0.6) is 0 Å². The van der Waals surface area contributed by atoms with Gasteiger partial charge in [-0.2, -0.15) is 0 Å². The van der Waals surface area contributed by atoms with Gasteiger partial charge in [0, 0.05) is 29.1 Å². The van der Waals surface area contributed by atoms with Gasteiger partial charge in [0.1, 0.15) is 0 Å². The van der Waals surface area contributed by atoms with Gasteiger partial charge in [0.25, 0.3) is 11.1 Å². The molecule has 252 valence electrons. The molecule has 0 aliphatic heterocycles. The molecule has 0 saturated carbocycles. The average Bonchev–Trinajstić information content (AvgIpc) is 3.30. The van der Waals surface area contributed by atoms with Crippen molar-refractivity contribution in [3.05, 3.63) is 95.2 Å². The Kier molecular flexibility index (Phi) is 9.04. The number of anilines is 3. The predicted octanol–water partition coefficient (Wildman–Crippen LogP) is 3.88. The van der Waals surface area contributed by atoms with E-state index in [1.807, 2.05) is 20.8 Å². The fourth-order valence-corrected chi connectivity index (χ4v) is 6.03. The van der Waals surface area contributed by atoms with E-state index in [2.05, 4.69) is 5.32 Å². The molecule has 0 fully saturated rings. The van der Waals surface area contributed by atoms with Gasteiger partial charge >= 0.3 is 0 Å². The molecule has 5 aromatic rings. The zero-order valence-corrected chi connectivity index (χ0v) is 28.1. The first-order chi connectivity index (χ1) is 22.5. The predicted molar refractivity (Wildman–Crippen MR) is 188 cm³/mol. The van der Waals surface area contributed by atoms with Crippen LogP contribution in [-0.2, 0) is 14.2 Å². The molecule has 4 aromatic carbocycles. The number of benzene rings is 4. The maximum Gasteiger partial charge on any atom is 0.264 e. The number of hydrogen-bond donors (Lipinski definition) is 3. The number of amides is 1. The summed E-state index contributed by atoms with van der Waals surface area (Å²) in [6, 6.07) is 11.5. The molecule has 0 radical (unpaired) electrons. The number of aromatic nitrogens is 1. The lowest BCUT2D eigenvalue weighted by Crippen LogP contribution is -2.49. The Balaban J connectivity index is 1.78. The number of carbonyl (C=O) groups excluding carboxylic acids is 1. The Morgan fingerprint density at radius 3 is 2.04 bits per heavy atom. The monoisotopic (exact) mass is 656 g/mol. The van der Waals surface area contributed by atoms with E-state index >= 15 is 0 Å². The van der Waals surface area contributed by atoms with Crippen molar-refractivity contribution in [3.63, 3.8) is 0 Å². The average molecular weight is 657 g/mol. The normalized spacial score (nSPS) is 13.7. The molecule has 12 heteroatoms. The number of ether oxygens (including phenoxy) is 3. The van der Waals surface area contributed by atoms with Gasteiger partial charge in [-0.05, 0) is 59.7 Å². The van der Waals surface area contributed by atoms with E-state index in [1.165, 1.54) is 24.3 Å². The third kappa shape index (κ3) is 5.76. The highest BCUT2D eigenvalue weighted by Gasteiger charge is 2.39. The van der Waals surface area contributed by atoms with Crippen LogP contribution in [-0.4, -0.2) is 48.1 Å². The molecule has 0 spiro atoms. The number of hydrogen-bond acceptors (Lipinski definition) is 10. The Hall–Kier alpha value is -4.91. The minimum Gasteiger partial charge on any atom is -0.397 e. The topological polar surface area (TPSA) is 182 Å². The van der Waals surface area contributed by atoms with E-state index in [0.717, 1.165) is 4.57 Å². The zero-order chi connectivity index (χ0) is 35.3. The van der Waals surface area contributed by atoms with Crippen LogP contribution in [0, 0.1) is 0 Å². The summed E-state index contributed by atoms with van der Waals surface area (Å²) < 4.78 is 18.6. The van der Waals surface area contributed by atoms with Crippen molar-refractivity contribution in [2.24, 2.45) is 5.73 Å². The molecule has 0 aliphatic carbocycles. The zero-order valence-electron chi connectivity index (χ0n) is 28.1. The number of carbonyl (C=O) groups is 1. The van der Waals surface area contributed by atoms with Crippen LogP contribution >= 0.6 is 0 Å². The van der Waals surface area contributed by atoms with E-state index in [-0.39, 0.29) is 49.3 Å². The smallest absolute Gasteiger partial charge is 0.264 e. The van der Waals surface area contributed by atoms with E-state index < -0.39 is 51.2 Å². The van der Waals surface area contributed by atoms with Crippen molar-refractivity contribution in [3.8, 4) is 0 Å². The van der Waals surface area contributed by atoms with Crippen molar-refractivity contribution in [2.45, 2.75) is 64.9 Å². The third-order valence-corrected chi connectivity index (χ3v) is 9.31. The summed E-state index contributed by atoms with van der Waals surface area (Å²) in [7, 11) is 1.58. The number of rotatable bonds is 12. The third-order valence-electron chi connectivity index (χ3n) is 9.31. The number of primary amides is 1. The number of nitrogens with zero attached hydrogens (tertiary/aromatic N) is 1. The van der Waals surface area contributed by atoms with Gasteiger partial charge in [-0.25, -0.2) is 0 Å². The van der Waals surface area contributed by atoms with Crippen LogP contribution in [0.15, 0.2) is 67.7 Å². The second-order valence-corrected chi connectivity index (χ2v) is 13.0. The molecule has 5 rings (SSSR count). The maximum absolute atomic E-state index is 14.5. The van der Waals surface area contributed by atoms with Gasteiger partial charge in [-0.1, -0.05) is 30.3 Å². The highest BCUT2D eigenvalue weighted by molar-refractivity contribution is 6.21.